The predicted octanol–water partition coefficient (Wildman–Crippen LogP) is 2.30. The molecule has 0 aromatic heterocycles. The van der Waals surface area contributed by atoms with Crippen LogP contribution in [0.25, 0.3) is 6.08 Å². The molecule has 1 N–H and O–H groups in total. The summed E-state index contributed by atoms with van der Waals surface area (Å²) in [5.74, 6) is -0.885. The largest absolute Gasteiger partial charge is 0.545 e. The zero-order valence-electron chi connectivity index (χ0n) is 17.2. The Morgan fingerprint density at radius 2 is 1.91 bits per heavy atom. The summed E-state index contributed by atoms with van der Waals surface area (Å²) < 4.78 is 10.9. The van der Waals surface area contributed by atoms with Crippen molar-refractivity contribution >= 4 is 57.8 Å². The fraction of sp³-hybridized carbons (Fsp3) is 0.182. The smallest absolute Gasteiger partial charge is 0.266 e. The fourth-order valence-corrected chi connectivity index (χ4v) is 4.26. The Morgan fingerprint density at radius 3 is 2.59 bits per heavy atom. The van der Waals surface area contributed by atoms with Crippen molar-refractivity contribution in [1.29, 1.82) is 0 Å². The Kier molecular flexibility index (Phi) is 7.49. The van der Waals surface area contributed by atoms with Gasteiger partial charge in [0.1, 0.15) is 4.32 Å². The van der Waals surface area contributed by atoms with Crippen LogP contribution in [0.2, 0.25) is 0 Å². The molecule has 0 radical (unpaired) electrons. The van der Waals surface area contributed by atoms with Gasteiger partial charge in [0.25, 0.3) is 5.91 Å². The molecule has 8 nitrogen and oxygen atoms in total. The third kappa shape index (κ3) is 5.45. The molecule has 2 aromatic rings. The number of benzene rings is 2. The Hall–Kier alpha value is -3.37. The van der Waals surface area contributed by atoms with E-state index in [1.807, 2.05) is 0 Å². The molecule has 166 valence electrons. The van der Waals surface area contributed by atoms with Gasteiger partial charge in [0.15, 0.2) is 11.5 Å². The molecule has 32 heavy (non-hydrogen) atoms. The van der Waals surface area contributed by atoms with Crippen molar-refractivity contribution in [2.45, 2.75) is 6.42 Å². The molecule has 1 aliphatic heterocycles. The number of anilines is 1. The second-order valence-electron chi connectivity index (χ2n) is 6.61. The van der Waals surface area contributed by atoms with E-state index in [0.717, 1.165) is 17.3 Å². The normalized spacial score (nSPS) is 14.6. The van der Waals surface area contributed by atoms with E-state index in [0.29, 0.717) is 26.4 Å². The van der Waals surface area contributed by atoms with Crippen LogP contribution in [0, 0.1) is 0 Å². The van der Waals surface area contributed by atoms with Crippen LogP contribution >= 0.6 is 24.0 Å². The Labute approximate surface area is 194 Å². The summed E-state index contributed by atoms with van der Waals surface area (Å²) >= 11 is 6.46. The first-order valence-electron chi connectivity index (χ1n) is 9.41. The first-order valence-corrected chi connectivity index (χ1v) is 10.6. The van der Waals surface area contributed by atoms with Crippen LogP contribution in [0.4, 0.5) is 5.69 Å². The molecule has 3 rings (SSSR count). The van der Waals surface area contributed by atoms with Gasteiger partial charge in [-0.15, -0.1) is 0 Å². The van der Waals surface area contributed by atoms with Crippen LogP contribution in [0.15, 0.2) is 47.4 Å². The van der Waals surface area contributed by atoms with Crippen molar-refractivity contribution in [3.05, 3.63) is 58.5 Å². The molecule has 1 saturated heterocycles. The van der Waals surface area contributed by atoms with Crippen molar-refractivity contribution in [3.63, 3.8) is 0 Å². The minimum atomic E-state index is -1.33. The van der Waals surface area contributed by atoms with Gasteiger partial charge in [-0.05, 0) is 41.5 Å². The van der Waals surface area contributed by atoms with Crippen molar-refractivity contribution in [2.75, 3.05) is 26.1 Å². The number of carboxylic acids is 1. The molecule has 1 fully saturated rings. The number of nitrogens with one attached hydrogen (secondary N) is 1. The molecule has 0 unspecified atom stereocenters. The highest BCUT2D eigenvalue weighted by Crippen LogP contribution is 2.34. The second-order valence-corrected chi connectivity index (χ2v) is 8.29. The summed E-state index contributed by atoms with van der Waals surface area (Å²) in [6.45, 7) is 0.0972. The maximum Gasteiger partial charge on any atom is 0.266 e. The molecule has 0 aliphatic carbocycles. The fourth-order valence-electron chi connectivity index (χ4n) is 2.95. The summed E-state index contributed by atoms with van der Waals surface area (Å²) in [4.78, 5) is 37.8. The molecule has 2 aromatic carbocycles. The highest BCUT2D eigenvalue weighted by atomic mass is 32.2. The molecule has 0 atom stereocenters. The summed E-state index contributed by atoms with van der Waals surface area (Å²) in [6, 6.07) is 11.0. The number of aromatic carboxylic acids is 1. The SMILES string of the molecule is COc1ccc(/C=C2/SC(=S)N(CCC(=O)Nc3cccc(C(=O)[O-])c3)C2=O)cc1OC. The highest BCUT2D eigenvalue weighted by Gasteiger charge is 2.32. The minimum absolute atomic E-state index is 0.00831. The maximum absolute atomic E-state index is 12.8. The van der Waals surface area contributed by atoms with E-state index in [1.165, 1.54) is 30.2 Å². The summed E-state index contributed by atoms with van der Waals surface area (Å²) in [5, 5.41) is 13.5. The van der Waals surface area contributed by atoms with Crippen LogP contribution in [-0.4, -0.2) is 47.8 Å². The van der Waals surface area contributed by atoms with Crippen LogP contribution in [0.5, 0.6) is 11.5 Å². The highest BCUT2D eigenvalue weighted by molar-refractivity contribution is 8.26. The molecule has 1 aliphatic rings. The Morgan fingerprint density at radius 1 is 1.16 bits per heavy atom. The van der Waals surface area contributed by atoms with E-state index in [9.17, 15) is 19.5 Å². The molecule has 10 heteroatoms. The van der Waals surface area contributed by atoms with E-state index in [2.05, 4.69) is 5.32 Å². The van der Waals surface area contributed by atoms with Crippen molar-refractivity contribution in [3.8, 4) is 11.5 Å². The number of hydrogen-bond donors (Lipinski definition) is 1. The standard InChI is InChI=1S/C22H20N2O6S2/c1-29-16-7-6-13(10-17(16)30-2)11-18-20(26)24(22(31)32-18)9-8-19(25)23-15-5-3-4-14(12-15)21(27)28/h3-7,10-12H,8-9H2,1-2H3,(H,23,25)(H,27,28)/p-1/b18-11+. The van der Waals surface area contributed by atoms with E-state index in [1.54, 1.807) is 37.5 Å². The molecular formula is C22H19N2O6S2-. The zero-order valence-corrected chi connectivity index (χ0v) is 18.9. The van der Waals surface area contributed by atoms with Gasteiger partial charge in [0, 0.05) is 18.7 Å². The number of nitrogens with zero attached hydrogens (tertiary/aromatic N) is 1. The summed E-state index contributed by atoms with van der Waals surface area (Å²) in [6.07, 6.45) is 1.69. The van der Waals surface area contributed by atoms with Gasteiger partial charge in [-0.2, -0.15) is 0 Å². The third-order valence-corrected chi connectivity index (χ3v) is 5.90. The molecule has 0 spiro atoms. The number of rotatable bonds is 8. The lowest BCUT2D eigenvalue weighted by atomic mass is 10.2. The quantitative estimate of drug-likeness (QED) is 0.462. The first-order chi connectivity index (χ1) is 15.3. The average Bonchev–Trinajstić information content (AvgIpc) is 3.04. The van der Waals surface area contributed by atoms with Gasteiger partial charge in [0.2, 0.25) is 5.91 Å². The minimum Gasteiger partial charge on any atom is -0.545 e. The lowest BCUT2D eigenvalue weighted by Gasteiger charge is -2.14. The number of methoxy groups -OCH3 is 2. The number of carboxylic acid groups (broad SMARTS) is 1. The zero-order chi connectivity index (χ0) is 23.3. The van der Waals surface area contributed by atoms with Crippen LogP contribution in [0.1, 0.15) is 22.3 Å². The second kappa shape index (κ2) is 10.3. The predicted molar refractivity (Wildman–Crippen MR) is 123 cm³/mol. The van der Waals surface area contributed by atoms with Gasteiger partial charge in [0.05, 0.1) is 25.1 Å². The number of thiocarbonyl (C=S) groups is 1. The van der Waals surface area contributed by atoms with E-state index < -0.39 is 5.97 Å². The van der Waals surface area contributed by atoms with Gasteiger partial charge >= 0.3 is 0 Å². The van der Waals surface area contributed by atoms with E-state index >= 15 is 0 Å². The number of carbonyl (C=O) groups excluding carboxylic acids is 3. The molecular weight excluding hydrogens is 452 g/mol. The van der Waals surface area contributed by atoms with Crippen molar-refractivity contribution in [1.82, 2.24) is 4.90 Å². The lowest BCUT2D eigenvalue weighted by Crippen LogP contribution is -2.31. The average molecular weight is 472 g/mol. The number of amides is 2. The summed E-state index contributed by atoms with van der Waals surface area (Å²) in [7, 11) is 3.07. The van der Waals surface area contributed by atoms with Gasteiger partial charge in [-0.1, -0.05) is 42.2 Å². The first kappa shape index (κ1) is 23.3. The molecule has 0 bridgehead atoms. The lowest BCUT2D eigenvalue weighted by molar-refractivity contribution is -0.255. The third-order valence-electron chi connectivity index (χ3n) is 4.52. The van der Waals surface area contributed by atoms with Crippen molar-refractivity contribution in [2.24, 2.45) is 0 Å². The van der Waals surface area contributed by atoms with Crippen molar-refractivity contribution < 1.29 is 29.0 Å². The van der Waals surface area contributed by atoms with Gasteiger partial charge in [-0.3, -0.25) is 14.5 Å². The number of ether oxygens (including phenoxy) is 2. The summed E-state index contributed by atoms with van der Waals surface area (Å²) in [5.41, 5.74) is 1.03. The van der Waals surface area contributed by atoms with Crippen LogP contribution < -0.4 is 19.9 Å². The topological polar surface area (TPSA) is 108 Å². The van der Waals surface area contributed by atoms with Crippen LogP contribution in [0.3, 0.4) is 0 Å². The van der Waals surface area contributed by atoms with E-state index in [4.69, 9.17) is 21.7 Å². The van der Waals surface area contributed by atoms with Gasteiger partial charge < -0.3 is 24.7 Å². The Balaban J connectivity index is 1.64. The van der Waals surface area contributed by atoms with E-state index in [-0.39, 0.29) is 30.3 Å². The molecule has 1 heterocycles. The molecule has 2 amide bonds. The van der Waals surface area contributed by atoms with Crippen LogP contribution in [-0.2, 0) is 9.59 Å². The Bertz CT molecular complexity index is 1120. The maximum atomic E-state index is 12.8. The number of carbonyl (C=O) groups is 3. The number of hydrogen-bond acceptors (Lipinski definition) is 8. The monoisotopic (exact) mass is 471 g/mol. The molecule has 0 saturated carbocycles. The van der Waals surface area contributed by atoms with Gasteiger partial charge in [-0.25, -0.2) is 0 Å². The number of thioether (sulfide) groups is 1.